The molecule has 0 radical (unpaired) electrons. The number of hydrogen-bond acceptors (Lipinski definition) is 2. The maximum absolute atomic E-state index is 9.48. The molecule has 1 aliphatic carbocycles. The Morgan fingerprint density at radius 3 is 2.16 bits per heavy atom. The van der Waals surface area contributed by atoms with Gasteiger partial charge in [0.2, 0.25) is 0 Å². The van der Waals surface area contributed by atoms with E-state index in [1.165, 1.54) is 65.9 Å². The summed E-state index contributed by atoms with van der Waals surface area (Å²) < 4.78 is 9.48. The maximum Gasteiger partial charge on any atom is 0.0995 e. The monoisotopic (exact) mass is 421 g/mol. The fraction of sp³-hybridized carbons (Fsp3) is 0.333. The van der Waals surface area contributed by atoms with Crippen LogP contribution < -0.4 is 9.80 Å². The summed E-state index contributed by atoms with van der Waals surface area (Å²) in [5.74, 6) is 0.536. The zero-order valence-corrected chi connectivity index (χ0v) is 19.1. The van der Waals surface area contributed by atoms with Gasteiger partial charge in [0, 0.05) is 17.1 Å². The summed E-state index contributed by atoms with van der Waals surface area (Å²) >= 11 is 0. The van der Waals surface area contributed by atoms with Gasteiger partial charge in [-0.05, 0) is 61.4 Å². The third kappa shape index (κ3) is 2.65. The Bertz CT molecular complexity index is 1210. The van der Waals surface area contributed by atoms with Gasteiger partial charge in [-0.15, -0.1) is 0 Å². The summed E-state index contributed by atoms with van der Waals surface area (Å²) in [7, 11) is 0. The molecule has 0 amide bonds. The van der Waals surface area contributed by atoms with E-state index in [9.17, 15) is 1.37 Å². The Hall–Kier alpha value is -3.00. The van der Waals surface area contributed by atoms with Crippen LogP contribution >= 0.6 is 0 Å². The fourth-order valence-electron chi connectivity index (χ4n) is 6.61. The number of hydrogen-bond donors (Lipinski definition) is 0. The Balaban J connectivity index is 1.67. The number of aryl methyl sites for hydroxylation is 1. The lowest BCUT2D eigenvalue weighted by Crippen LogP contribution is -2.39. The van der Waals surface area contributed by atoms with Crippen LogP contribution in [0.4, 0.5) is 11.4 Å². The van der Waals surface area contributed by atoms with Gasteiger partial charge >= 0.3 is 0 Å². The summed E-state index contributed by atoms with van der Waals surface area (Å²) in [6.45, 7) is 3.90. The molecule has 6 rings (SSSR count). The highest BCUT2D eigenvalue weighted by molar-refractivity contribution is 5.80. The van der Waals surface area contributed by atoms with Crippen LogP contribution in [0.3, 0.4) is 0 Å². The third-order valence-electron chi connectivity index (χ3n) is 7.96. The van der Waals surface area contributed by atoms with Crippen molar-refractivity contribution in [2.75, 3.05) is 16.4 Å². The van der Waals surface area contributed by atoms with E-state index in [0.717, 1.165) is 5.69 Å². The van der Waals surface area contributed by atoms with Gasteiger partial charge in [-0.25, -0.2) is 0 Å². The number of rotatable bonds is 3. The Morgan fingerprint density at radius 2 is 1.41 bits per heavy atom. The van der Waals surface area contributed by atoms with Gasteiger partial charge in [-0.2, -0.15) is 0 Å². The van der Waals surface area contributed by atoms with E-state index < -0.39 is 6.64 Å². The Kier molecular flexibility index (Phi) is 4.38. The van der Waals surface area contributed by atoms with Gasteiger partial charge in [0.15, 0.2) is 0 Å². The van der Waals surface area contributed by atoms with E-state index in [1.807, 2.05) is 0 Å². The van der Waals surface area contributed by atoms with Crippen molar-refractivity contribution in [1.82, 2.24) is 0 Å². The largest absolute Gasteiger partial charge is 0.325 e. The first-order valence-corrected chi connectivity index (χ1v) is 12.1. The number of para-hydroxylation sites is 2. The molecular weight excluding hydrogens is 388 g/mol. The first-order chi connectivity index (χ1) is 16.2. The SMILES string of the molecule is [2H]C1N(c2ccccc2C)C(C)=C2N1c1ccccc1C2(c1ccccc1)C1CCCCC1. The molecule has 2 aliphatic heterocycles. The number of benzene rings is 3. The normalized spacial score (nSPS) is 25.7. The van der Waals surface area contributed by atoms with E-state index >= 15 is 0 Å². The molecule has 2 heteroatoms. The van der Waals surface area contributed by atoms with Crippen LogP contribution in [0.25, 0.3) is 0 Å². The van der Waals surface area contributed by atoms with Crippen LogP contribution in [-0.4, -0.2) is 6.64 Å². The van der Waals surface area contributed by atoms with E-state index in [1.54, 1.807) is 0 Å². The van der Waals surface area contributed by atoms with Crippen molar-refractivity contribution in [3.8, 4) is 0 Å². The molecule has 0 saturated heterocycles. The minimum atomic E-state index is -0.503. The molecule has 3 aliphatic rings. The van der Waals surface area contributed by atoms with Gasteiger partial charge in [0.1, 0.15) is 0 Å². The van der Waals surface area contributed by atoms with E-state index in [4.69, 9.17) is 0 Å². The zero-order valence-electron chi connectivity index (χ0n) is 20.1. The molecule has 1 saturated carbocycles. The molecule has 32 heavy (non-hydrogen) atoms. The molecule has 0 bridgehead atoms. The first kappa shape index (κ1) is 18.6. The third-order valence-corrected chi connectivity index (χ3v) is 7.96. The maximum atomic E-state index is 9.48. The standard InChI is InChI=1S/C30H32N2/c1-22-13-9-11-19-27(22)31-21-32-28-20-12-10-18-26(28)30(29(32)23(31)2,24-14-5-3-6-15-24)25-16-7-4-8-17-25/h3,5-6,9-15,18-20,25H,4,7-8,16-17,21H2,1-2H3/i21D. The molecule has 0 aromatic heterocycles. The molecule has 0 N–H and O–H groups in total. The smallest absolute Gasteiger partial charge is 0.0995 e. The van der Waals surface area contributed by atoms with Gasteiger partial charge in [0.05, 0.1) is 19.1 Å². The van der Waals surface area contributed by atoms with Gasteiger partial charge < -0.3 is 9.80 Å². The molecule has 2 heterocycles. The number of anilines is 2. The predicted molar refractivity (Wildman–Crippen MR) is 134 cm³/mol. The van der Waals surface area contributed by atoms with Crippen LogP contribution in [0.1, 0.15) is 57.1 Å². The van der Waals surface area contributed by atoms with Crippen molar-refractivity contribution in [2.24, 2.45) is 5.92 Å². The lowest BCUT2D eigenvalue weighted by atomic mass is 9.60. The van der Waals surface area contributed by atoms with Crippen LogP contribution in [0.2, 0.25) is 0 Å². The summed E-state index contributed by atoms with van der Waals surface area (Å²) in [6.07, 6.45) is 6.39. The van der Waals surface area contributed by atoms with Crippen LogP contribution in [0.15, 0.2) is 90.3 Å². The number of fused-ring (bicyclic) bond motifs is 3. The molecule has 2 unspecified atom stereocenters. The Labute approximate surface area is 193 Å². The lowest BCUT2D eigenvalue weighted by Gasteiger charge is -2.42. The first-order valence-electron chi connectivity index (χ1n) is 12.7. The minimum Gasteiger partial charge on any atom is -0.325 e. The van der Waals surface area contributed by atoms with Gasteiger partial charge in [0.25, 0.3) is 0 Å². The van der Waals surface area contributed by atoms with E-state index in [2.05, 4.69) is 103 Å². The zero-order chi connectivity index (χ0) is 22.6. The van der Waals surface area contributed by atoms with E-state index in [-0.39, 0.29) is 5.41 Å². The fourth-order valence-corrected chi connectivity index (χ4v) is 6.61. The average molecular weight is 422 g/mol. The highest BCUT2D eigenvalue weighted by atomic mass is 15.4. The van der Waals surface area contributed by atoms with Crippen molar-refractivity contribution in [1.29, 1.82) is 0 Å². The molecule has 2 nitrogen and oxygen atoms in total. The summed E-state index contributed by atoms with van der Waals surface area (Å²) in [4.78, 5) is 4.58. The average Bonchev–Trinajstić information content (AvgIpc) is 3.31. The van der Waals surface area contributed by atoms with Crippen LogP contribution in [0, 0.1) is 12.8 Å². The lowest BCUT2D eigenvalue weighted by molar-refractivity contribution is 0.271. The van der Waals surface area contributed by atoms with E-state index in [0.29, 0.717) is 5.92 Å². The van der Waals surface area contributed by atoms with Crippen molar-refractivity contribution < 1.29 is 1.37 Å². The van der Waals surface area contributed by atoms with Gasteiger partial charge in [-0.1, -0.05) is 86.0 Å². The molecular formula is C30H32N2. The summed E-state index contributed by atoms with van der Waals surface area (Å²) in [6, 6.07) is 28.5. The van der Waals surface area contributed by atoms with Crippen molar-refractivity contribution in [3.05, 3.63) is 107 Å². The van der Waals surface area contributed by atoms with Crippen molar-refractivity contribution in [2.45, 2.75) is 51.4 Å². The minimum absolute atomic E-state index is 0.209. The summed E-state index contributed by atoms with van der Waals surface area (Å²) in [5.41, 5.74) is 8.66. The molecule has 3 aromatic carbocycles. The second-order valence-electron chi connectivity index (χ2n) is 9.60. The molecule has 3 aromatic rings. The second kappa shape index (κ2) is 7.55. The molecule has 2 atom stereocenters. The summed E-state index contributed by atoms with van der Waals surface area (Å²) in [5, 5.41) is 0. The molecule has 1 fully saturated rings. The van der Waals surface area contributed by atoms with Crippen LogP contribution in [0.5, 0.6) is 0 Å². The highest BCUT2D eigenvalue weighted by Crippen LogP contribution is 2.61. The highest BCUT2D eigenvalue weighted by Gasteiger charge is 2.56. The number of allylic oxidation sites excluding steroid dienone is 2. The predicted octanol–water partition coefficient (Wildman–Crippen LogP) is 7.39. The molecule has 0 spiro atoms. The quantitative estimate of drug-likeness (QED) is 0.435. The Morgan fingerprint density at radius 1 is 0.750 bits per heavy atom. The van der Waals surface area contributed by atoms with Crippen molar-refractivity contribution >= 4 is 11.4 Å². The second-order valence-corrected chi connectivity index (χ2v) is 9.60. The number of nitrogens with zero attached hydrogens (tertiary/aromatic N) is 2. The topological polar surface area (TPSA) is 6.48 Å². The van der Waals surface area contributed by atoms with Gasteiger partial charge in [-0.3, -0.25) is 0 Å². The molecule has 162 valence electrons. The van der Waals surface area contributed by atoms with Crippen LogP contribution in [-0.2, 0) is 5.41 Å². The van der Waals surface area contributed by atoms with Crippen molar-refractivity contribution in [3.63, 3.8) is 0 Å².